The number of nitrogen functional groups attached to an aromatic ring is 1. The SMILES string of the molecule is COC1CN(c2cccnc2N)CCC1C. The van der Waals surface area contributed by atoms with E-state index in [0.29, 0.717) is 11.7 Å². The second-order valence-corrected chi connectivity index (χ2v) is 4.39. The Balaban J connectivity index is 2.14. The molecular weight excluding hydrogens is 202 g/mol. The second-order valence-electron chi connectivity index (χ2n) is 4.39. The van der Waals surface area contributed by atoms with E-state index in [2.05, 4.69) is 16.8 Å². The van der Waals surface area contributed by atoms with Crippen LogP contribution in [-0.4, -0.2) is 31.3 Å². The molecule has 4 heteroatoms. The highest BCUT2D eigenvalue weighted by Gasteiger charge is 2.26. The van der Waals surface area contributed by atoms with Crippen LogP contribution < -0.4 is 10.6 Å². The van der Waals surface area contributed by atoms with Crippen LogP contribution in [0.15, 0.2) is 18.3 Å². The highest BCUT2D eigenvalue weighted by molar-refractivity contribution is 5.63. The van der Waals surface area contributed by atoms with E-state index in [-0.39, 0.29) is 6.10 Å². The fraction of sp³-hybridized carbons (Fsp3) is 0.583. The van der Waals surface area contributed by atoms with Crippen LogP contribution in [0, 0.1) is 5.92 Å². The maximum absolute atomic E-state index is 5.88. The topological polar surface area (TPSA) is 51.4 Å². The molecule has 88 valence electrons. The van der Waals surface area contributed by atoms with Gasteiger partial charge in [0.15, 0.2) is 0 Å². The van der Waals surface area contributed by atoms with Gasteiger partial charge < -0.3 is 15.4 Å². The predicted molar refractivity (Wildman–Crippen MR) is 65.4 cm³/mol. The van der Waals surface area contributed by atoms with Gasteiger partial charge in [-0.15, -0.1) is 0 Å². The summed E-state index contributed by atoms with van der Waals surface area (Å²) in [4.78, 5) is 6.38. The molecule has 2 rings (SSSR count). The third kappa shape index (κ3) is 2.11. The first kappa shape index (κ1) is 11.2. The standard InChI is InChI=1S/C12H19N3O/c1-9-5-7-15(8-11(9)16-2)10-4-3-6-14-12(10)13/h3-4,6,9,11H,5,7-8H2,1-2H3,(H2,13,14). The van der Waals surface area contributed by atoms with Crippen LogP contribution in [0.25, 0.3) is 0 Å². The van der Waals surface area contributed by atoms with Crippen molar-refractivity contribution in [2.75, 3.05) is 30.8 Å². The van der Waals surface area contributed by atoms with Gasteiger partial charge in [-0.3, -0.25) is 0 Å². The van der Waals surface area contributed by atoms with E-state index in [1.54, 1.807) is 13.3 Å². The third-order valence-electron chi connectivity index (χ3n) is 3.35. The van der Waals surface area contributed by atoms with E-state index >= 15 is 0 Å². The van der Waals surface area contributed by atoms with Crippen molar-refractivity contribution in [3.8, 4) is 0 Å². The van der Waals surface area contributed by atoms with E-state index in [0.717, 1.165) is 25.2 Å². The molecular formula is C12H19N3O. The lowest BCUT2D eigenvalue weighted by Crippen LogP contribution is -2.44. The first-order chi connectivity index (χ1) is 7.72. The summed E-state index contributed by atoms with van der Waals surface area (Å²) in [5.41, 5.74) is 6.90. The molecule has 2 unspecified atom stereocenters. The number of piperidine rings is 1. The lowest BCUT2D eigenvalue weighted by atomic mass is 9.95. The van der Waals surface area contributed by atoms with E-state index in [1.807, 2.05) is 12.1 Å². The monoisotopic (exact) mass is 221 g/mol. The summed E-state index contributed by atoms with van der Waals surface area (Å²) in [6.45, 7) is 4.16. The number of nitrogens with two attached hydrogens (primary N) is 1. The second kappa shape index (κ2) is 4.70. The van der Waals surface area contributed by atoms with Gasteiger partial charge in [0.25, 0.3) is 0 Å². The van der Waals surface area contributed by atoms with Crippen LogP contribution in [0.1, 0.15) is 13.3 Å². The molecule has 1 fully saturated rings. The lowest BCUT2D eigenvalue weighted by molar-refractivity contribution is 0.0498. The van der Waals surface area contributed by atoms with E-state index in [4.69, 9.17) is 10.5 Å². The van der Waals surface area contributed by atoms with Crippen LogP contribution in [0.4, 0.5) is 11.5 Å². The van der Waals surface area contributed by atoms with Gasteiger partial charge in [0.05, 0.1) is 11.8 Å². The number of hydrogen-bond donors (Lipinski definition) is 1. The van der Waals surface area contributed by atoms with Crippen LogP contribution in [0.2, 0.25) is 0 Å². The Morgan fingerprint density at radius 3 is 3.06 bits per heavy atom. The molecule has 2 atom stereocenters. The fourth-order valence-corrected chi connectivity index (χ4v) is 2.24. The first-order valence-corrected chi connectivity index (χ1v) is 5.70. The summed E-state index contributed by atoms with van der Waals surface area (Å²) in [6, 6.07) is 3.94. The molecule has 1 saturated heterocycles. The number of nitrogens with zero attached hydrogens (tertiary/aromatic N) is 2. The van der Waals surface area contributed by atoms with Gasteiger partial charge in [0.1, 0.15) is 5.82 Å². The van der Waals surface area contributed by atoms with Crippen molar-refractivity contribution in [3.63, 3.8) is 0 Å². The molecule has 2 heterocycles. The summed E-state index contributed by atoms with van der Waals surface area (Å²) >= 11 is 0. The molecule has 0 aliphatic carbocycles. The molecule has 0 bridgehead atoms. The zero-order valence-corrected chi connectivity index (χ0v) is 9.89. The van der Waals surface area contributed by atoms with Crippen molar-refractivity contribution in [1.82, 2.24) is 4.98 Å². The average Bonchev–Trinajstić information content (AvgIpc) is 2.31. The van der Waals surface area contributed by atoms with Gasteiger partial charge in [-0.25, -0.2) is 4.98 Å². The molecule has 0 aromatic carbocycles. The number of aromatic nitrogens is 1. The normalized spacial score (nSPS) is 25.8. The third-order valence-corrected chi connectivity index (χ3v) is 3.35. The van der Waals surface area contributed by atoms with Crippen molar-refractivity contribution in [2.24, 2.45) is 5.92 Å². The van der Waals surface area contributed by atoms with Crippen molar-refractivity contribution in [2.45, 2.75) is 19.4 Å². The fourth-order valence-electron chi connectivity index (χ4n) is 2.24. The Bertz CT molecular complexity index is 356. The Kier molecular flexibility index (Phi) is 3.29. The van der Waals surface area contributed by atoms with Crippen LogP contribution in [0.3, 0.4) is 0 Å². The van der Waals surface area contributed by atoms with Crippen molar-refractivity contribution >= 4 is 11.5 Å². The molecule has 16 heavy (non-hydrogen) atoms. The largest absolute Gasteiger partial charge is 0.382 e. The van der Waals surface area contributed by atoms with Crippen LogP contribution in [0.5, 0.6) is 0 Å². The number of pyridine rings is 1. The average molecular weight is 221 g/mol. The molecule has 0 radical (unpaired) electrons. The molecule has 4 nitrogen and oxygen atoms in total. The van der Waals surface area contributed by atoms with E-state index < -0.39 is 0 Å². The van der Waals surface area contributed by atoms with Gasteiger partial charge in [-0.2, -0.15) is 0 Å². The Hall–Kier alpha value is -1.29. The molecule has 1 aromatic heterocycles. The minimum atomic E-state index is 0.286. The molecule has 1 aromatic rings. The highest BCUT2D eigenvalue weighted by Crippen LogP contribution is 2.27. The number of methoxy groups -OCH3 is 1. The minimum Gasteiger partial charge on any atom is -0.382 e. The zero-order chi connectivity index (χ0) is 11.5. The maximum Gasteiger partial charge on any atom is 0.146 e. The number of ether oxygens (including phenoxy) is 1. The Morgan fingerprint density at radius 1 is 1.56 bits per heavy atom. The van der Waals surface area contributed by atoms with E-state index in [9.17, 15) is 0 Å². The number of hydrogen-bond acceptors (Lipinski definition) is 4. The van der Waals surface area contributed by atoms with Gasteiger partial charge in [-0.05, 0) is 24.5 Å². The zero-order valence-electron chi connectivity index (χ0n) is 9.89. The lowest BCUT2D eigenvalue weighted by Gasteiger charge is -2.37. The molecule has 1 aliphatic rings. The van der Waals surface area contributed by atoms with Crippen LogP contribution in [-0.2, 0) is 4.74 Å². The summed E-state index contributed by atoms with van der Waals surface area (Å²) < 4.78 is 5.49. The number of rotatable bonds is 2. The van der Waals surface area contributed by atoms with Gasteiger partial charge in [0.2, 0.25) is 0 Å². The minimum absolute atomic E-state index is 0.286. The maximum atomic E-state index is 5.88. The van der Waals surface area contributed by atoms with Crippen molar-refractivity contribution in [1.29, 1.82) is 0 Å². The summed E-state index contributed by atoms with van der Waals surface area (Å²) in [6.07, 6.45) is 3.14. The molecule has 0 spiro atoms. The quantitative estimate of drug-likeness (QED) is 0.822. The smallest absolute Gasteiger partial charge is 0.146 e. The van der Waals surface area contributed by atoms with Gasteiger partial charge in [-0.1, -0.05) is 6.92 Å². The first-order valence-electron chi connectivity index (χ1n) is 5.70. The van der Waals surface area contributed by atoms with E-state index in [1.165, 1.54) is 0 Å². The molecule has 0 amide bonds. The van der Waals surface area contributed by atoms with Gasteiger partial charge >= 0.3 is 0 Å². The predicted octanol–water partition coefficient (Wildman–Crippen LogP) is 1.52. The molecule has 1 aliphatic heterocycles. The van der Waals surface area contributed by atoms with Gasteiger partial charge in [0, 0.05) is 26.4 Å². The van der Waals surface area contributed by atoms with Crippen LogP contribution >= 0.6 is 0 Å². The summed E-state index contributed by atoms with van der Waals surface area (Å²) in [7, 11) is 1.78. The summed E-state index contributed by atoms with van der Waals surface area (Å²) in [5, 5.41) is 0. The van der Waals surface area contributed by atoms with Crippen molar-refractivity contribution in [3.05, 3.63) is 18.3 Å². The number of anilines is 2. The Labute approximate surface area is 96.4 Å². The Morgan fingerprint density at radius 2 is 2.38 bits per heavy atom. The summed E-state index contributed by atoms with van der Waals surface area (Å²) in [5.74, 6) is 1.21. The molecule has 2 N–H and O–H groups in total. The van der Waals surface area contributed by atoms with Crippen molar-refractivity contribution < 1.29 is 4.74 Å². The molecule has 0 saturated carbocycles. The highest BCUT2D eigenvalue weighted by atomic mass is 16.5.